The molecule has 0 radical (unpaired) electrons. The van der Waals surface area contributed by atoms with E-state index in [9.17, 15) is 18.0 Å². The predicted molar refractivity (Wildman–Crippen MR) is 60.3 cm³/mol. The molecule has 0 aliphatic rings. The summed E-state index contributed by atoms with van der Waals surface area (Å²) < 4.78 is 38.1. The van der Waals surface area contributed by atoms with Crippen LogP contribution in [0, 0.1) is 0 Å². The first-order chi connectivity index (χ1) is 8.42. The van der Waals surface area contributed by atoms with Gasteiger partial charge in [0.05, 0.1) is 13.2 Å². The van der Waals surface area contributed by atoms with Crippen LogP contribution in [-0.2, 0) is 6.54 Å². The third kappa shape index (κ3) is 5.33. The fourth-order valence-corrected chi connectivity index (χ4v) is 1.56. The van der Waals surface area contributed by atoms with Gasteiger partial charge < -0.3 is 9.67 Å². The van der Waals surface area contributed by atoms with Gasteiger partial charge in [-0.15, -0.1) is 0 Å². The van der Waals surface area contributed by atoms with Crippen LogP contribution in [0.15, 0.2) is 29.2 Å². The van der Waals surface area contributed by atoms with Crippen molar-refractivity contribution >= 4 is 0 Å². The van der Waals surface area contributed by atoms with Gasteiger partial charge in [-0.25, -0.2) is 0 Å². The molecule has 0 saturated carbocycles. The highest BCUT2D eigenvalue weighted by Gasteiger charge is 2.30. The van der Waals surface area contributed by atoms with Gasteiger partial charge in [-0.2, -0.15) is 13.2 Å². The van der Waals surface area contributed by atoms with E-state index >= 15 is 0 Å². The molecule has 0 unspecified atom stereocenters. The van der Waals surface area contributed by atoms with E-state index in [4.69, 9.17) is 5.11 Å². The van der Waals surface area contributed by atoms with Crippen LogP contribution in [0.1, 0.15) is 0 Å². The van der Waals surface area contributed by atoms with E-state index in [0.717, 1.165) is 4.90 Å². The van der Waals surface area contributed by atoms with E-state index in [1.54, 1.807) is 12.1 Å². The van der Waals surface area contributed by atoms with Crippen molar-refractivity contribution < 1.29 is 18.3 Å². The van der Waals surface area contributed by atoms with Gasteiger partial charge in [-0.3, -0.25) is 9.69 Å². The molecular formula is C11H15F3N2O2. The van der Waals surface area contributed by atoms with Crippen molar-refractivity contribution in [2.24, 2.45) is 0 Å². The number of hydrogen-bond donors (Lipinski definition) is 1. The van der Waals surface area contributed by atoms with Crippen LogP contribution >= 0.6 is 0 Å². The second-order valence-corrected chi connectivity index (χ2v) is 3.85. The van der Waals surface area contributed by atoms with Gasteiger partial charge in [0, 0.05) is 31.9 Å². The number of aliphatic hydroxyl groups is 1. The topological polar surface area (TPSA) is 45.5 Å². The van der Waals surface area contributed by atoms with Crippen LogP contribution in [0.3, 0.4) is 0 Å². The van der Waals surface area contributed by atoms with Crippen molar-refractivity contribution in [2.45, 2.75) is 12.7 Å². The monoisotopic (exact) mass is 264 g/mol. The number of aromatic nitrogens is 1. The van der Waals surface area contributed by atoms with Crippen molar-refractivity contribution in [3.63, 3.8) is 0 Å². The Morgan fingerprint density at radius 2 is 2.00 bits per heavy atom. The van der Waals surface area contributed by atoms with Crippen LogP contribution < -0.4 is 5.56 Å². The summed E-state index contributed by atoms with van der Waals surface area (Å²) in [5, 5.41) is 8.71. The molecule has 0 aliphatic heterocycles. The quantitative estimate of drug-likeness (QED) is 0.823. The molecular weight excluding hydrogens is 249 g/mol. The molecule has 1 aromatic rings. The van der Waals surface area contributed by atoms with Gasteiger partial charge >= 0.3 is 6.18 Å². The molecule has 0 bridgehead atoms. The normalized spacial score (nSPS) is 12.1. The smallest absolute Gasteiger partial charge is 0.395 e. The molecule has 1 heterocycles. The highest BCUT2D eigenvalue weighted by molar-refractivity contribution is 4.93. The average molecular weight is 264 g/mol. The third-order valence-electron chi connectivity index (χ3n) is 2.38. The lowest BCUT2D eigenvalue weighted by Gasteiger charge is -2.22. The molecule has 102 valence electrons. The zero-order chi connectivity index (χ0) is 13.6. The zero-order valence-electron chi connectivity index (χ0n) is 9.73. The number of hydrogen-bond acceptors (Lipinski definition) is 3. The van der Waals surface area contributed by atoms with E-state index in [0.29, 0.717) is 0 Å². The van der Waals surface area contributed by atoms with Gasteiger partial charge in [0.25, 0.3) is 5.56 Å². The molecule has 4 nitrogen and oxygen atoms in total. The van der Waals surface area contributed by atoms with Crippen molar-refractivity contribution in [1.29, 1.82) is 0 Å². The number of rotatable bonds is 6. The number of alkyl halides is 3. The van der Waals surface area contributed by atoms with Gasteiger partial charge in [-0.1, -0.05) is 6.07 Å². The molecule has 0 spiro atoms. The SMILES string of the molecule is O=c1ccccn1CCN(CCO)CC(F)(F)F. The summed E-state index contributed by atoms with van der Waals surface area (Å²) in [6.45, 7) is -1.28. The summed E-state index contributed by atoms with van der Waals surface area (Å²) in [4.78, 5) is 12.4. The Labute approximate surface area is 102 Å². The number of nitrogens with zero attached hydrogens (tertiary/aromatic N) is 2. The summed E-state index contributed by atoms with van der Waals surface area (Å²) in [5.41, 5.74) is -0.256. The molecule has 0 aromatic carbocycles. The first-order valence-corrected chi connectivity index (χ1v) is 5.48. The predicted octanol–water partition coefficient (Wildman–Crippen LogP) is 0.705. The van der Waals surface area contributed by atoms with Crippen molar-refractivity contribution in [1.82, 2.24) is 9.47 Å². The molecule has 7 heteroatoms. The Balaban J connectivity index is 2.57. The summed E-state index contributed by atoms with van der Waals surface area (Å²) in [5.74, 6) is 0. The highest BCUT2D eigenvalue weighted by atomic mass is 19.4. The van der Waals surface area contributed by atoms with Gasteiger partial charge in [-0.05, 0) is 6.07 Å². The van der Waals surface area contributed by atoms with Gasteiger partial charge in [0.15, 0.2) is 0 Å². The van der Waals surface area contributed by atoms with E-state index < -0.39 is 12.7 Å². The van der Waals surface area contributed by atoms with Crippen molar-refractivity contribution in [3.05, 3.63) is 34.7 Å². The Hall–Kier alpha value is -1.34. The third-order valence-corrected chi connectivity index (χ3v) is 2.38. The minimum absolute atomic E-state index is 0.0595. The van der Waals surface area contributed by atoms with Gasteiger partial charge in [0.2, 0.25) is 0 Å². The molecule has 0 amide bonds. The van der Waals surface area contributed by atoms with E-state index in [1.165, 1.54) is 16.8 Å². The molecule has 0 atom stereocenters. The maximum Gasteiger partial charge on any atom is 0.401 e. The standard InChI is InChI=1S/C11H15F3N2O2/c12-11(13,14)9-15(7-8-17)5-6-16-4-2-1-3-10(16)18/h1-4,17H,5-9H2. The van der Waals surface area contributed by atoms with Crippen LogP contribution in [0.25, 0.3) is 0 Å². The fourth-order valence-electron chi connectivity index (χ4n) is 1.56. The lowest BCUT2D eigenvalue weighted by Crippen LogP contribution is -2.39. The summed E-state index contributed by atoms with van der Waals surface area (Å²) >= 11 is 0. The summed E-state index contributed by atoms with van der Waals surface area (Å²) in [6, 6.07) is 4.56. The number of pyridine rings is 1. The fraction of sp³-hybridized carbons (Fsp3) is 0.545. The second kappa shape index (κ2) is 6.55. The minimum Gasteiger partial charge on any atom is -0.395 e. The molecule has 18 heavy (non-hydrogen) atoms. The largest absolute Gasteiger partial charge is 0.401 e. The van der Waals surface area contributed by atoms with Gasteiger partial charge in [0.1, 0.15) is 0 Å². The summed E-state index contributed by atoms with van der Waals surface area (Å²) in [7, 11) is 0. The molecule has 1 aromatic heterocycles. The maximum atomic E-state index is 12.2. The Kier molecular flexibility index (Phi) is 5.36. The molecule has 1 rings (SSSR count). The Morgan fingerprint density at radius 3 is 2.56 bits per heavy atom. The highest BCUT2D eigenvalue weighted by Crippen LogP contribution is 2.16. The molecule has 0 fully saturated rings. The Bertz CT molecular complexity index is 417. The molecule has 1 N–H and O–H groups in total. The summed E-state index contributed by atoms with van der Waals surface area (Å²) in [6.07, 6.45) is -2.79. The van der Waals surface area contributed by atoms with E-state index in [-0.39, 0.29) is 31.8 Å². The molecule has 0 saturated heterocycles. The minimum atomic E-state index is -4.31. The van der Waals surface area contributed by atoms with Crippen LogP contribution in [0.2, 0.25) is 0 Å². The van der Waals surface area contributed by atoms with Crippen LogP contribution in [-0.4, -0.2) is 47.0 Å². The Morgan fingerprint density at radius 1 is 1.28 bits per heavy atom. The maximum absolute atomic E-state index is 12.2. The first kappa shape index (κ1) is 14.7. The second-order valence-electron chi connectivity index (χ2n) is 3.85. The first-order valence-electron chi connectivity index (χ1n) is 5.48. The van der Waals surface area contributed by atoms with Crippen molar-refractivity contribution in [2.75, 3.05) is 26.2 Å². The number of aliphatic hydroxyl groups excluding tert-OH is 1. The van der Waals surface area contributed by atoms with Crippen LogP contribution in [0.4, 0.5) is 13.2 Å². The lowest BCUT2D eigenvalue weighted by atomic mass is 10.4. The van der Waals surface area contributed by atoms with E-state index in [2.05, 4.69) is 0 Å². The van der Waals surface area contributed by atoms with Crippen molar-refractivity contribution in [3.8, 4) is 0 Å². The zero-order valence-corrected chi connectivity index (χ0v) is 9.73. The van der Waals surface area contributed by atoms with E-state index in [1.807, 2.05) is 0 Å². The average Bonchev–Trinajstić information content (AvgIpc) is 2.26. The lowest BCUT2D eigenvalue weighted by molar-refractivity contribution is -0.147. The molecule has 0 aliphatic carbocycles. The number of halogens is 3. The van der Waals surface area contributed by atoms with Crippen LogP contribution in [0.5, 0.6) is 0 Å².